The van der Waals surface area contributed by atoms with Gasteiger partial charge in [0.05, 0.1) is 23.6 Å². The van der Waals surface area contributed by atoms with E-state index >= 15 is 0 Å². The molecular weight excluding hydrogens is 917 g/mol. The molecule has 3 fully saturated rings. The van der Waals surface area contributed by atoms with Gasteiger partial charge in [0.25, 0.3) is 10.0 Å². The number of aliphatic carboxylic acids is 1. The number of hydrogen-bond donors (Lipinski definition) is 7. The number of nitrogens with zero attached hydrogens (tertiary/aromatic N) is 4. The number of carbonyl (C=O) groups is 7. The van der Waals surface area contributed by atoms with Crippen molar-refractivity contribution in [3.63, 3.8) is 0 Å². The second-order valence-corrected chi connectivity index (χ2v) is 21.6. The lowest BCUT2D eigenvalue weighted by Crippen LogP contribution is -2.59. The van der Waals surface area contributed by atoms with Gasteiger partial charge in [-0.2, -0.15) is 0 Å². The van der Waals surface area contributed by atoms with E-state index in [-0.39, 0.29) is 62.9 Å². The van der Waals surface area contributed by atoms with Gasteiger partial charge in [-0.3, -0.25) is 33.8 Å². The van der Waals surface area contributed by atoms with E-state index in [1.54, 1.807) is 41.5 Å². The molecule has 0 radical (unpaired) electrons. The van der Waals surface area contributed by atoms with Crippen LogP contribution in [0.2, 0.25) is 0 Å². The SMILES string of the molecule is Cc1c(C)c(S(=O)(=O)NC(N)=NCCC[C@H](NC(=O)[C@H](COC(C)(C)C)NC(=O)[C@@H]2CCCN2C(=O)[C@@H]2CCCN2C(=O)[C@@H]2CCCN2C(=O)[C@H](C)NC(=O)CN)C(=O)O)c(C)c2c1OC(C)(C)C2. The standard InChI is InChI=1S/C46H72N10O12S/c1-25-26(2)37(27(3)29-22-46(8,9)68-36(25)29)69(65,66)53-44(48)49-18-10-14-30(43(63)64)51-38(58)31(24-67-45(5,6)7)52-39(59)32-15-11-19-54(32)41(61)34-17-13-21-56(34)42(62)33-16-12-20-55(33)40(60)28(4)50-35(57)23-47/h28,30-34H,10-24,47H2,1-9H3,(H,50,57)(H,51,58)(H,52,59)(H,63,64)(H3,48,49,53)/t28-,30-,31-,32-,33-,34-/m0/s1. The maximum atomic E-state index is 14.3. The minimum atomic E-state index is -4.18. The monoisotopic (exact) mass is 989 g/mol. The van der Waals surface area contributed by atoms with E-state index < -0.39 is 98.9 Å². The highest BCUT2D eigenvalue weighted by Gasteiger charge is 2.47. The number of likely N-dealkylation sites (tertiary alicyclic amines) is 3. The summed E-state index contributed by atoms with van der Waals surface area (Å²) in [7, 11) is -4.18. The third-order valence-electron chi connectivity index (χ3n) is 13.1. The summed E-state index contributed by atoms with van der Waals surface area (Å²) in [5.74, 6) is -4.36. The maximum Gasteiger partial charge on any atom is 0.326 e. The van der Waals surface area contributed by atoms with Gasteiger partial charge in [0.15, 0.2) is 0 Å². The summed E-state index contributed by atoms with van der Waals surface area (Å²) in [6.07, 6.45) is 3.00. The van der Waals surface area contributed by atoms with Gasteiger partial charge in [0.1, 0.15) is 47.6 Å². The minimum Gasteiger partial charge on any atom is -0.487 e. The maximum absolute atomic E-state index is 14.3. The molecule has 0 aromatic heterocycles. The molecule has 4 aliphatic rings. The van der Waals surface area contributed by atoms with Crippen molar-refractivity contribution >= 4 is 57.4 Å². The van der Waals surface area contributed by atoms with Crippen molar-refractivity contribution in [1.29, 1.82) is 0 Å². The quantitative estimate of drug-likeness (QED) is 0.0579. The zero-order valence-electron chi connectivity index (χ0n) is 41.4. The number of aliphatic imine (C=N–C) groups is 1. The Morgan fingerprint density at radius 1 is 0.855 bits per heavy atom. The van der Waals surface area contributed by atoms with Crippen LogP contribution >= 0.6 is 0 Å². The van der Waals surface area contributed by atoms with E-state index in [1.165, 1.54) is 21.6 Å². The first-order valence-electron chi connectivity index (χ1n) is 23.7. The number of carboxylic acids is 1. The molecule has 384 valence electrons. The van der Waals surface area contributed by atoms with Crippen LogP contribution in [-0.2, 0) is 54.7 Å². The lowest BCUT2D eigenvalue weighted by atomic mass is 9.94. The fourth-order valence-corrected chi connectivity index (χ4v) is 11.1. The molecule has 0 aliphatic carbocycles. The molecule has 4 heterocycles. The molecule has 0 unspecified atom stereocenters. The number of carbonyl (C=O) groups excluding carboxylic acids is 6. The van der Waals surface area contributed by atoms with Crippen molar-refractivity contribution in [2.75, 3.05) is 39.3 Å². The molecule has 0 bridgehead atoms. The van der Waals surface area contributed by atoms with Crippen LogP contribution in [0.15, 0.2) is 9.89 Å². The number of nitrogens with one attached hydrogen (secondary N) is 4. The van der Waals surface area contributed by atoms with Crippen LogP contribution in [0.25, 0.3) is 0 Å². The van der Waals surface area contributed by atoms with Crippen LogP contribution in [0, 0.1) is 20.8 Å². The summed E-state index contributed by atoms with van der Waals surface area (Å²) in [6.45, 7) is 15.9. The van der Waals surface area contributed by atoms with Crippen molar-refractivity contribution in [1.82, 2.24) is 35.4 Å². The van der Waals surface area contributed by atoms with Crippen LogP contribution in [0.3, 0.4) is 0 Å². The third kappa shape index (κ3) is 13.0. The van der Waals surface area contributed by atoms with E-state index in [0.29, 0.717) is 67.5 Å². The molecule has 23 heteroatoms. The summed E-state index contributed by atoms with van der Waals surface area (Å²) in [5, 5.41) is 17.8. The van der Waals surface area contributed by atoms with Crippen molar-refractivity contribution in [3.8, 4) is 5.75 Å². The van der Waals surface area contributed by atoms with Gasteiger partial charge in [0.2, 0.25) is 41.4 Å². The van der Waals surface area contributed by atoms with E-state index in [0.717, 1.165) is 5.56 Å². The Bertz CT molecular complexity index is 2320. The second kappa shape index (κ2) is 22.0. The Balaban J connectivity index is 1.21. The Hall–Kier alpha value is -5.55. The number of benzene rings is 1. The molecule has 6 amide bonds. The summed E-state index contributed by atoms with van der Waals surface area (Å²) < 4.78 is 41.6. The number of sulfonamides is 1. The highest BCUT2D eigenvalue weighted by atomic mass is 32.2. The van der Waals surface area contributed by atoms with Gasteiger partial charge >= 0.3 is 5.97 Å². The average molecular weight is 989 g/mol. The van der Waals surface area contributed by atoms with E-state index in [2.05, 4.69) is 25.7 Å². The third-order valence-corrected chi connectivity index (χ3v) is 14.7. The first-order valence-corrected chi connectivity index (χ1v) is 25.2. The molecule has 1 aromatic carbocycles. The molecule has 6 atom stereocenters. The van der Waals surface area contributed by atoms with Crippen LogP contribution in [-0.4, -0.2) is 162 Å². The predicted octanol–water partition coefficient (Wildman–Crippen LogP) is 0.00426. The van der Waals surface area contributed by atoms with Crippen molar-refractivity contribution in [2.24, 2.45) is 16.5 Å². The van der Waals surface area contributed by atoms with Crippen LogP contribution in [0.4, 0.5) is 0 Å². The van der Waals surface area contributed by atoms with Crippen LogP contribution in [0.1, 0.15) is 115 Å². The average Bonchev–Trinajstić information content (AvgIpc) is 4.10. The van der Waals surface area contributed by atoms with Crippen molar-refractivity contribution in [2.45, 2.75) is 172 Å². The van der Waals surface area contributed by atoms with Gasteiger partial charge in [0, 0.05) is 38.2 Å². The highest BCUT2D eigenvalue weighted by molar-refractivity contribution is 7.90. The molecule has 1 aromatic rings. The molecule has 22 nitrogen and oxygen atoms in total. The Kier molecular flexibility index (Phi) is 17.4. The highest BCUT2D eigenvalue weighted by Crippen LogP contribution is 2.43. The fraction of sp³-hybridized carbons (Fsp3) is 0.696. The zero-order valence-corrected chi connectivity index (χ0v) is 42.2. The molecule has 69 heavy (non-hydrogen) atoms. The number of amides is 6. The predicted molar refractivity (Wildman–Crippen MR) is 253 cm³/mol. The van der Waals surface area contributed by atoms with Crippen LogP contribution < -0.4 is 36.9 Å². The Morgan fingerprint density at radius 2 is 1.42 bits per heavy atom. The summed E-state index contributed by atoms with van der Waals surface area (Å²) >= 11 is 0. The number of ether oxygens (including phenoxy) is 2. The molecule has 0 saturated carbocycles. The lowest BCUT2D eigenvalue weighted by molar-refractivity contribution is -0.151. The van der Waals surface area contributed by atoms with Gasteiger partial charge in [-0.25, -0.2) is 17.9 Å². The lowest BCUT2D eigenvalue weighted by Gasteiger charge is -2.35. The number of rotatable bonds is 18. The first kappa shape index (κ1) is 54.4. The number of hydrogen-bond acceptors (Lipinski definition) is 13. The van der Waals surface area contributed by atoms with E-state index in [9.17, 15) is 47.1 Å². The smallest absolute Gasteiger partial charge is 0.326 e. The number of nitrogens with two attached hydrogens (primary N) is 2. The van der Waals surface area contributed by atoms with Gasteiger partial charge in [-0.05, 0) is 130 Å². The Labute approximate surface area is 404 Å². The Morgan fingerprint density at radius 3 is 2.00 bits per heavy atom. The number of carboxylic acid groups (broad SMARTS) is 1. The normalized spacial score (nSPS) is 21.5. The van der Waals surface area contributed by atoms with Gasteiger partial charge < -0.3 is 56.7 Å². The molecule has 4 aliphatic heterocycles. The minimum absolute atomic E-state index is 0.0681. The largest absolute Gasteiger partial charge is 0.487 e. The van der Waals surface area contributed by atoms with E-state index in [1.807, 2.05) is 13.8 Å². The molecule has 9 N–H and O–H groups in total. The molecule has 5 rings (SSSR count). The summed E-state index contributed by atoms with van der Waals surface area (Å²) in [6, 6.07) is -6.44. The molecule has 0 spiro atoms. The van der Waals surface area contributed by atoms with E-state index in [4.69, 9.17) is 20.9 Å². The van der Waals surface area contributed by atoms with Gasteiger partial charge in [-0.1, -0.05) is 0 Å². The summed E-state index contributed by atoms with van der Waals surface area (Å²) in [5.41, 5.74) is 12.7. The molecular formula is C46H72N10O12S. The van der Waals surface area contributed by atoms with Gasteiger partial charge in [-0.15, -0.1) is 0 Å². The second-order valence-electron chi connectivity index (χ2n) is 20.0. The molecule has 3 saturated heterocycles. The zero-order chi connectivity index (χ0) is 51.3. The first-order chi connectivity index (χ1) is 32.2. The van der Waals surface area contributed by atoms with Crippen molar-refractivity contribution < 1.29 is 56.6 Å². The van der Waals surface area contributed by atoms with Crippen molar-refractivity contribution in [3.05, 3.63) is 22.3 Å². The number of fused-ring (bicyclic) bond motifs is 1. The summed E-state index contributed by atoms with van der Waals surface area (Å²) in [4.78, 5) is 102. The topological polar surface area (TPSA) is 315 Å². The number of guanidine groups is 1. The fourth-order valence-electron chi connectivity index (χ4n) is 9.55. The van der Waals surface area contributed by atoms with Crippen LogP contribution in [0.5, 0.6) is 5.75 Å².